The number of nitrogens with zero attached hydrogens (tertiary/aromatic N) is 4. The fourth-order valence-electron chi connectivity index (χ4n) is 3.70. The lowest BCUT2D eigenvalue weighted by molar-refractivity contribution is -0.123. The van der Waals surface area contributed by atoms with E-state index in [0.29, 0.717) is 56.4 Å². The Morgan fingerprint density at radius 1 is 1.35 bits per heavy atom. The van der Waals surface area contributed by atoms with E-state index in [1.165, 1.54) is 6.07 Å². The van der Waals surface area contributed by atoms with Crippen LogP contribution in [0.3, 0.4) is 0 Å². The molecule has 0 radical (unpaired) electrons. The molecule has 1 fully saturated rings. The number of rotatable bonds is 5. The third-order valence-electron chi connectivity index (χ3n) is 5.39. The van der Waals surface area contributed by atoms with Crippen molar-refractivity contribution in [3.05, 3.63) is 41.6 Å². The van der Waals surface area contributed by atoms with E-state index in [2.05, 4.69) is 20.2 Å². The SMILES string of the molecule is CCC1Oc2ncc(CN3CCN(c4ccc(C(=O)NN)nc4F)CC3)cc2NC1=O. The fraction of sp³-hybridized carbons (Fsp3) is 0.400. The van der Waals surface area contributed by atoms with Crippen molar-refractivity contribution < 1.29 is 18.7 Å². The van der Waals surface area contributed by atoms with Crippen molar-refractivity contribution in [3.8, 4) is 5.88 Å². The van der Waals surface area contributed by atoms with E-state index in [0.717, 1.165) is 5.56 Å². The molecule has 2 amide bonds. The monoisotopic (exact) mass is 429 g/mol. The highest BCUT2D eigenvalue weighted by molar-refractivity contribution is 5.97. The number of amides is 2. The quantitative estimate of drug-likeness (QED) is 0.274. The molecule has 4 N–H and O–H groups in total. The average Bonchev–Trinajstić information content (AvgIpc) is 2.78. The number of hydrogen-bond donors (Lipinski definition) is 3. The standard InChI is InChI=1S/C20H24FN7O3/c1-2-16-19(30)25-14-9-12(10-23-20(14)31-16)11-27-5-7-28(8-6-27)15-4-3-13(18(29)26-22)24-17(15)21/h3-4,9-10,16H,2,5-8,11,22H2,1H3,(H,25,30)(H,26,29). The zero-order chi connectivity index (χ0) is 22.0. The number of anilines is 2. The van der Waals surface area contributed by atoms with Crippen molar-refractivity contribution in [3.63, 3.8) is 0 Å². The lowest BCUT2D eigenvalue weighted by Gasteiger charge is -2.36. The van der Waals surface area contributed by atoms with Crippen molar-refractivity contribution in [1.29, 1.82) is 0 Å². The van der Waals surface area contributed by atoms with Gasteiger partial charge >= 0.3 is 0 Å². The molecule has 31 heavy (non-hydrogen) atoms. The number of aromatic nitrogens is 2. The first-order chi connectivity index (χ1) is 15.0. The zero-order valence-corrected chi connectivity index (χ0v) is 17.1. The largest absolute Gasteiger partial charge is 0.463 e. The number of hydrazine groups is 1. The Kier molecular flexibility index (Phi) is 5.96. The van der Waals surface area contributed by atoms with E-state index in [4.69, 9.17) is 10.6 Å². The van der Waals surface area contributed by atoms with Crippen molar-refractivity contribution in [2.24, 2.45) is 5.84 Å². The first-order valence-corrected chi connectivity index (χ1v) is 10.1. The minimum absolute atomic E-state index is 0.0661. The Balaban J connectivity index is 1.36. The second kappa shape index (κ2) is 8.82. The molecule has 0 saturated carbocycles. The zero-order valence-electron chi connectivity index (χ0n) is 17.1. The number of halogens is 1. The third kappa shape index (κ3) is 4.42. The van der Waals surface area contributed by atoms with Gasteiger partial charge in [-0.2, -0.15) is 4.39 Å². The van der Waals surface area contributed by atoms with Gasteiger partial charge in [-0.1, -0.05) is 6.92 Å². The Morgan fingerprint density at radius 3 is 2.81 bits per heavy atom. The van der Waals surface area contributed by atoms with Crippen LogP contribution >= 0.6 is 0 Å². The van der Waals surface area contributed by atoms with Crippen LogP contribution in [0.15, 0.2) is 24.4 Å². The maximum atomic E-state index is 14.4. The lowest BCUT2D eigenvalue weighted by atomic mass is 10.1. The first kappa shape index (κ1) is 20.9. The summed E-state index contributed by atoms with van der Waals surface area (Å²) in [7, 11) is 0. The van der Waals surface area contributed by atoms with Crippen molar-refractivity contribution in [2.75, 3.05) is 36.4 Å². The molecular formula is C20H24FN7O3. The maximum absolute atomic E-state index is 14.4. The molecule has 2 aliphatic heterocycles. The highest BCUT2D eigenvalue weighted by Gasteiger charge is 2.27. The summed E-state index contributed by atoms with van der Waals surface area (Å²) in [5, 5.41) is 2.85. The van der Waals surface area contributed by atoms with Gasteiger partial charge in [0.15, 0.2) is 6.10 Å². The summed E-state index contributed by atoms with van der Waals surface area (Å²) >= 11 is 0. The van der Waals surface area contributed by atoms with Crippen LogP contribution < -0.4 is 26.2 Å². The van der Waals surface area contributed by atoms with E-state index in [-0.39, 0.29) is 11.6 Å². The van der Waals surface area contributed by atoms with Crippen molar-refractivity contribution in [2.45, 2.75) is 26.0 Å². The summed E-state index contributed by atoms with van der Waals surface area (Å²) in [6.45, 7) is 5.17. The van der Waals surface area contributed by atoms with E-state index in [1.807, 2.05) is 23.3 Å². The number of nitrogens with one attached hydrogen (secondary N) is 2. The molecule has 0 aromatic carbocycles. The van der Waals surface area contributed by atoms with Crippen LogP contribution in [-0.2, 0) is 11.3 Å². The predicted octanol–water partition coefficient (Wildman–Crippen LogP) is 0.651. The number of carbonyl (C=O) groups excluding carboxylic acids is 2. The van der Waals surface area contributed by atoms with E-state index in [9.17, 15) is 14.0 Å². The highest BCUT2D eigenvalue weighted by atomic mass is 19.1. The van der Waals surface area contributed by atoms with Gasteiger partial charge < -0.3 is 15.0 Å². The minimum Gasteiger partial charge on any atom is -0.463 e. The second-order valence-electron chi connectivity index (χ2n) is 7.44. The van der Waals surface area contributed by atoms with Gasteiger partial charge in [0.05, 0.1) is 5.69 Å². The van der Waals surface area contributed by atoms with Crippen LogP contribution in [-0.4, -0.2) is 59.0 Å². The summed E-state index contributed by atoms with van der Waals surface area (Å²) in [6.07, 6.45) is 1.82. The Bertz CT molecular complexity index is 995. The van der Waals surface area contributed by atoms with Crippen LogP contribution in [0.5, 0.6) is 5.88 Å². The van der Waals surface area contributed by atoms with Crippen LogP contribution in [0.4, 0.5) is 15.8 Å². The number of hydrogen-bond acceptors (Lipinski definition) is 8. The van der Waals surface area contributed by atoms with Crippen LogP contribution in [0, 0.1) is 5.95 Å². The summed E-state index contributed by atoms with van der Waals surface area (Å²) in [4.78, 5) is 35.7. The van der Waals surface area contributed by atoms with Crippen LogP contribution in [0.2, 0.25) is 0 Å². The van der Waals surface area contributed by atoms with Crippen molar-refractivity contribution >= 4 is 23.2 Å². The molecular weight excluding hydrogens is 405 g/mol. The number of fused-ring (bicyclic) bond motifs is 1. The lowest BCUT2D eigenvalue weighted by Crippen LogP contribution is -2.46. The Morgan fingerprint density at radius 2 is 2.13 bits per heavy atom. The molecule has 1 saturated heterocycles. The number of ether oxygens (including phenoxy) is 1. The van der Waals surface area contributed by atoms with Gasteiger partial charge in [-0.3, -0.25) is 19.9 Å². The molecule has 10 nitrogen and oxygen atoms in total. The molecule has 164 valence electrons. The highest BCUT2D eigenvalue weighted by Crippen LogP contribution is 2.29. The molecule has 0 spiro atoms. The number of nitrogens with two attached hydrogens (primary N) is 1. The normalized spacial score (nSPS) is 18.7. The molecule has 2 aliphatic rings. The van der Waals surface area contributed by atoms with Gasteiger partial charge in [0.25, 0.3) is 11.8 Å². The fourth-order valence-corrected chi connectivity index (χ4v) is 3.70. The molecule has 1 atom stereocenters. The van der Waals surface area contributed by atoms with E-state index >= 15 is 0 Å². The molecule has 0 aliphatic carbocycles. The molecule has 2 aromatic heterocycles. The Labute approximate surface area is 178 Å². The maximum Gasteiger partial charge on any atom is 0.283 e. The first-order valence-electron chi connectivity index (χ1n) is 10.1. The van der Waals surface area contributed by atoms with Gasteiger partial charge in [-0.05, 0) is 30.2 Å². The number of pyridine rings is 2. The predicted molar refractivity (Wildman–Crippen MR) is 111 cm³/mol. The molecule has 2 aromatic rings. The summed E-state index contributed by atoms with van der Waals surface area (Å²) < 4.78 is 20.0. The third-order valence-corrected chi connectivity index (χ3v) is 5.39. The number of nitrogen functional groups attached to an aromatic ring is 1. The summed E-state index contributed by atoms with van der Waals surface area (Å²) in [6, 6.07) is 4.87. The van der Waals surface area contributed by atoms with E-state index < -0.39 is 18.0 Å². The second-order valence-corrected chi connectivity index (χ2v) is 7.44. The molecule has 4 heterocycles. The molecule has 11 heteroatoms. The Hall–Kier alpha value is -3.31. The van der Waals surface area contributed by atoms with Gasteiger partial charge in [-0.15, -0.1) is 0 Å². The summed E-state index contributed by atoms with van der Waals surface area (Å²) in [5.41, 5.74) is 3.77. The topological polar surface area (TPSA) is 126 Å². The molecule has 1 unspecified atom stereocenters. The smallest absolute Gasteiger partial charge is 0.283 e. The van der Waals surface area contributed by atoms with E-state index in [1.54, 1.807) is 12.3 Å². The van der Waals surface area contributed by atoms with Crippen LogP contribution in [0.25, 0.3) is 0 Å². The average molecular weight is 429 g/mol. The van der Waals surface area contributed by atoms with Gasteiger partial charge in [-0.25, -0.2) is 15.8 Å². The van der Waals surface area contributed by atoms with Crippen LogP contribution in [0.1, 0.15) is 29.4 Å². The molecule has 0 bridgehead atoms. The summed E-state index contributed by atoms with van der Waals surface area (Å²) in [5.74, 6) is 4.00. The number of carbonyl (C=O) groups is 2. The number of piperazine rings is 1. The minimum atomic E-state index is -0.699. The van der Waals surface area contributed by atoms with Gasteiger partial charge in [0.2, 0.25) is 11.8 Å². The van der Waals surface area contributed by atoms with Gasteiger partial charge in [0, 0.05) is 38.9 Å². The van der Waals surface area contributed by atoms with Gasteiger partial charge in [0.1, 0.15) is 11.4 Å². The van der Waals surface area contributed by atoms with Crippen molar-refractivity contribution in [1.82, 2.24) is 20.3 Å². The molecule has 4 rings (SSSR count).